The van der Waals surface area contributed by atoms with Crippen molar-refractivity contribution in [3.63, 3.8) is 0 Å². The summed E-state index contributed by atoms with van der Waals surface area (Å²) in [6, 6.07) is 9.36. The van der Waals surface area contributed by atoms with E-state index in [0.717, 1.165) is 22.5 Å². The van der Waals surface area contributed by atoms with E-state index in [-0.39, 0.29) is 0 Å². The maximum absolute atomic E-state index is 6.11. The Labute approximate surface area is 126 Å². The molecule has 0 aliphatic heterocycles. The molecular formula is C14H10Cl2N4. The smallest absolute Gasteiger partial charge is 0.164 e. The molecule has 20 heavy (non-hydrogen) atoms. The van der Waals surface area contributed by atoms with Gasteiger partial charge in [0.05, 0.1) is 0 Å². The van der Waals surface area contributed by atoms with Crippen molar-refractivity contribution in [3.8, 4) is 22.5 Å². The molecule has 2 aromatic heterocycles. The van der Waals surface area contributed by atoms with E-state index in [2.05, 4.69) is 15.2 Å². The molecule has 3 aromatic rings. The molecule has 3 rings (SSSR count). The zero-order chi connectivity index (χ0) is 14.1. The van der Waals surface area contributed by atoms with Crippen LogP contribution >= 0.6 is 23.2 Å². The topological polar surface area (TPSA) is 43.6 Å². The van der Waals surface area contributed by atoms with E-state index in [1.54, 1.807) is 12.5 Å². The van der Waals surface area contributed by atoms with Crippen molar-refractivity contribution in [3.05, 3.63) is 53.0 Å². The van der Waals surface area contributed by atoms with Gasteiger partial charge in [0.25, 0.3) is 0 Å². The van der Waals surface area contributed by atoms with Gasteiger partial charge in [0.2, 0.25) is 0 Å². The number of hydrogen-bond acceptors (Lipinski definition) is 3. The zero-order valence-electron chi connectivity index (χ0n) is 10.6. The number of benzene rings is 1. The Morgan fingerprint density at radius 3 is 2.60 bits per heavy atom. The molecule has 0 fully saturated rings. The van der Waals surface area contributed by atoms with E-state index in [4.69, 9.17) is 23.2 Å². The van der Waals surface area contributed by atoms with Gasteiger partial charge in [-0.15, -0.1) is 10.2 Å². The molecule has 2 heterocycles. The van der Waals surface area contributed by atoms with Crippen LogP contribution in [0.1, 0.15) is 0 Å². The highest BCUT2D eigenvalue weighted by molar-refractivity contribution is 6.31. The lowest BCUT2D eigenvalue weighted by atomic mass is 10.00. The van der Waals surface area contributed by atoms with Crippen molar-refractivity contribution in [2.24, 2.45) is 7.05 Å². The van der Waals surface area contributed by atoms with Crippen molar-refractivity contribution in [2.75, 3.05) is 0 Å². The molecule has 0 saturated heterocycles. The lowest BCUT2D eigenvalue weighted by Gasteiger charge is -2.10. The highest BCUT2D eigenvalue weighted by Crippen LogP contribution is 2.33. The molecular weight excluding hydrogens is 295 g/mol. The zero-order valence-corrected chi connectivity index (χ0v) is 12.1. The van der Waals surface area contributed by atoms with Gasteiger partial charge in [-0.05, 0) is 35.4 Å². The highest BCUT2D eigenvalue weighted by atomic mass is 35.5. The van der Waals surface area contributed by atoms with Crippen LogP contribution in [0.5, 0.6) is 0 Å². The number of aromatic nitrogens is 4. The fraction of sp³-hybridized carbons (Fsp3) is 0.0714. The molecule has 6 heteroatoms. The van der Waals surface area contributed by atoms with Crippen molar-refractivity contribution >= 4 is 23.2 Å². The molecule has 0 amide bonds. The minimum Gasteiger partial charge on any atom is -0.317 e. The Kier molecular flexibility index (Phi) is 3.42. The van der Waals surface area contributed by atoms with E-state index in [0.29, 0.717) is 10.2 Å². The summed E-state index contributed by atoms with van der Waals surface area (Å²) in [6.45, 7) is 0. The third-order valence-corrected chi connectivity index (χ3v) is 3.41. The lowest BCUT2D eigenvalue weighted by Crippen LogP contribution is -1.94. The third kappa shape index (κ3) is 2.40. The second kappa shape index (κ2) is 5.23. The molecule has 1 aromatic carbocycles. The van der Waals surface area contributed by atoms with Crippen LogP contribution in [0.15, 0.2) is 42.9 Å². The van der Waals surface area contributed by atoms with Gasteiger partial charge in [0.15, 0.2) is 5.82 Å². The average molecular weight is 305 g/mol. The fourth-order valence-corrected chi connectivity index (χ4v) is 2.40. The molecule has 0 aliphatic carbocycles. The average Bonchev–Trinajstić information content (AvgIpc) is 2.85. The quantitative estimate of drug-likeness (QED) is 0.675. The normalized spacial score (nSPS) is 10.8. The molecule has 0 atom stereocenters. The number of pyridine rings is 1. The van der Waals surface area contributed by atoms with Gasteiger partial charge in [-0.3, -0.25) is 0 Å². The first-order valence-electron chi connectivity index (χ1n) is 5.91. The van der Waals surface area contributed by atoms with Crippen molar-refractivity contribution in [1.29, 1.82) is 0 Å². The maximum Gasteiger partial charge on any atom is 0.164 e. The Morgan fingerprint density at radius 1 is 1.05 bits per heavy atom. The Hall–Kier alpha value is -1.91. The van der Waals surface area contributed by atoms with Crippen molar-refractivity contribution < 1.29 is 0 Å². The Bertz CT molecular complexity index is 767. The number of nitrogens with zero attached hydrogens (tertiary/aromatic N) is 4. The molecule has 100 valence electrons. The molecule has 4 nitrogen and oxygen atoms in total. The summed E-state index contributed by atoms with van der Waals surface area (Å²) < 4.78 is 1.85. The monoisotopic (exact) mass is 304 g/mol. The molecule has 0 unspecified atom stereocenters. The van der Waals surface area contributed by atoms with Crippen LogP contribution in [-0.4, -0.2) is 19.7 Å². The number of hydrogen-bond donors (Lipinski definition) is 0. The predicted octanol–water partition coefficient (Wildman–Crippen LogP) is 3.85. The Balaban J connectivity index is 2.24. The molecule has 0 radical (unpaired) electrons. The molecule has 0 saturated carbocycles. The van der Waals surface area contributed by atoms with Gasteiger partial charge in [0, 0.05) is 23.8 Å². The van der Waals surface area contributed by atoms with E-state index in [1.807, 2.05) is 41.9 Å². The summed E-state index contributed by atoms with van der Waals surface area (Å²) in [5.41, 5.74) is 2.84. The number of aryl methyl sites for hydroxylation is 1. The summed E-state index contributed by atoms with van der Waals surface area (Å²) in [5, 5.41) is 9.14. The van der Waals surface area contributed by atoms with E-state index in [1.165, 1.54) is 0 Å². The lowest BCUT2D eigenvalue weighted by molar-refractivity contribution is 0.920. The van der Waals surface area contributed by atoms with Crippen LogP contribution in [0.2, 0.25) is 10.2 Å². The number of rotatable bonds is 2. The summed E-state index contributed by atoms with van der Waals surface area (Å²) in [4.78, 5) is 4.00. The van der Waals surface area contributed by atoms with Crippen LogP contribution in [0.3, 0.4) is 0 Å². The summed E-state index contributed by atoms with van der Waals surface area (Å²) in [5.74, 6) is 0.746. The standard InChI is InChI=1S/C14H10Cl2N4/c1-20-8-18-19-14(20)12-7-10(15)2-3-11(12)9-4-5-17-13(16)6-9/h2-8H,1H3. The number of halogens is 2. The van der Waals surface area contributed by atoms with Gasteiger partial charge in [-0.1, -0.05) is 29.3 Å². The van der Waals surface area contributed by atoms with Crippen LogP contribution < -0.4 is 0 Å². The Morgan fingerprint density at radius 2 is 1.90 bits per heavy atom. The molecule has 0 N–H and O–H groups in total. The third-order valence-electron chi connectivity index (χ3n) is 2.97. The first-order chi connectivity index (χ1) is 9.65. The highest BCUT2D eigenvalue weighted by Gasteiger charge is 2.13. The SMILES string of the molecule is Cn1cnnc1-c1cc(Cl)ccc1-c1ccnc(Cl)c1. The van der Waals surface area contributed by atoms with E-state index >= 15 is 0 Å². The summed E-state index contributed by atoms with van der Waals surface area (Å²) >= 11 is 12.1. The van der Waals surface area contributed by atoms with Crippen LogP contribution in [0.4, 0.5) is 0 Å². The second-order valence-corrected chi connectivity index (χ2v) is 5.15. The molecule has 0 aliphatic rings. The van der Waals surface area contributed by atoms with E-state index in [9.17, 15) is 0 Å². The van der Waals surface area contributed by atoms with Crippen LogP contribution in [0.25, 0.3) is 22.5 Å². The van der Waals surface area contributed by atoms with Crippen LogP contribution in [-0.2, 0) is 7.05 Å². The summed E-state index contributed by atoms with van der Waals surface area (Å²) in [7, 11) is 1.89. The fourth-order valence-electron chi connectivity index (χ4n) is 2.05. The maximum atomic E-state index is 6.11. The largest absolute Gasteiger partial charge is 0.317 e. The minimum atomic E-state index is 0.446. The van der Waals surface area contributed by atoms with Gasteiger partial charge in [-0.2, -0.15) is 0 Å². The van der Waals surface area contributed by atoms with Gasteiger partial charge in [0.1, 0.15) is 11.5 Å². The minimum absolute atomic E-state index is 0.446. The van der Waals surface area contributed by atoms with Gasteiger partial charge < -0.3 is 4.57 Å². The molecule has 0 bridgehead atoms. The predicted molar refractivity (Wildman–Crippen MR) is 79.7 cm³/mol. The first-order valence-corrected chi connectivity index (χ1v) is 6.66. The van der Waals surface area contributed by atoms with Crippen molar-refractivity contribution in [2.45, 2.75) is 0 Å². The first kappa shape index (κ1) is 13.1. The van der Waals surface area contributed by atoms with Crippen molar-refractivity contribution in [1.82, 2.24) is 19.7 Å². The van der Waals surface area contributed by atoms with Crippen LogP contribution in [0, 0.1) is 0 Å². The van der Waals surface area contributed by atoms with E-state index < -0.39 is 0 Å². The second-order valence-electron chi connectivity index (χ2n) is 4.32. The van der Waals surface area contributed by atoms with Gasteiger partial charge in [-0.25, -0.2) is 4.98 Å². The summed E-state index contributed by atoms with van der Waals surface area (Å²) in [6.07, 6.45) is 3.33. The molecule has 0 spiro atoms. The van der Waals surface area contributed by atoms with Gasteiger partial charge >= 0.3 is 0 Å².